The quantitative estimate of drug-likeness (QED) is 0.216. The van der Waals surface area contributed by atoms with Crippen molar-refractivity contribution >= 4 is 28.9 Å². The summed E-state index contributed by atoms with van der Waals surface area (Å²) >= 11 is 1.71. The van der Waals surface area contributed by atoms with Gasteiger partial charge in [0.25, 0.3) is 0 Å². The maximum atomic E-state index is 11.9. The Hall–Kier alpha value is -1.99. The number of methoxy groups -OCH3 is 1. The molecule has 1 heterocycles. The molecule has 216 valence electrons. The fourth-order valence-electron chi connectivity index (χ4n) is 4.13. The highest BCUT2D eigenvalue weighted by Crippen LogP contribution is 2.33. The molecule has 0 spiro atoms. The number of amides is 1. The summed E-state index contributed by atoms with van der Waals surface area (Å²) < 4.78 is 10.0. The van der Waals surface area contributed by atoms with Crippen LogP contribution in [0.25, 0.3) is 11.0 Å². The Balaban J connectivity index is 0.00000352. The molecule has 0 radical (unpaired) electrons. The van der Waals surface area contributed by atoms with Crippen molar-refractivity contribution in [1.82, 2.24) is 19.2 Å². The summed E-state index contributed by atoms with van der Waals surface area (Å²) in [5.41, 5.74) is 2.27. The molecule has 0 saturated carbocycles. The van der Waals surface area contributed by atoms with Crippen LogP contribution in [0.15, 0.2) is 35.4 Å². The third-order valence-corrected chi connectivity index (χ3v) is 7.83. The van der Waals surface area contributed by atoms with Gasteiger partial charge in [0, 0.05) is 55.8 Å². The first-order chi connectivity index (χ1) is 18.1. The van der Waals surface area contributed by atoms with E-state index in [0.717, 1.165) is 50.9 Å². The molecule has 0 saturated heterocycles. The molecule has 1 unspecified atom stereocenters. The molecule has 6 nitrogen and oxygen atoms in total. The van der Waals surface area contributed by atoms with Crippen LogP contribution in [0.5, 0.6) is 0 Å². The second-order valence-corrected chi connectivity index (χ2v) is 11.6. The van der Waals surface area contributed by atoms with Crippen molar-refractivity contribution in [2.75, 3.05) is 20.3 Å². The normalized spacial score (nSPS) is 12.6. The van der Waals surface area contributed by atoms with Crippen LogP contribution in [0.3, 0.4) is 0 Å². The number of nitrogens with one attached hydrogen (secondary N) is 1. The SMILES string of the molecule is CC.CCC(CCOC)Cn1c(C(C)(C)CC)nc2cc(SN(/C=C\CCC(=O)NC(C)C)CC)ccc21. The maximum Gasteiger partial charge on any atom is 0.220 e. The molecule has 1 N–H and O–H groups in total. The lowest BCUT2D eigenvalue weighted by molar-refractivity contribution is -0.121. The minimum atomic E-state index is 0.00588. The zero-order valence-corrected chi connectivity index (χ0v) is 26.6. The van der Waals surface area contributed by atoms with Crippen LogP contribution < -0.4 is 5.32 Å². The summed E-state index contributed by atoms with van der Waals surface area (Å²) in [6.45, 7) is 21.8. The van der Waals surface area contributed by atoms with Gasteiger partial charge in [0.15, 0.2) is 0 Å². The van der Waals surface area contributed by atoms with Gasteiger partial charge in [-0.2, -0.15) is 0 Å². The lowest BCUT2D eigenvalue weighted by Gasteiger charge is -2.26. The molecule has 1 atom stereocenters. The number of rotatable bonds is 16. The van der Waals surface area contributed by atoms with Gasteiger partial charge >= 0.3 is 0 Å². The molecular weight excluding hydrogens is 492 g/mol. The van der Waals surface area contributed by atoms with E-state index in [1.54, 1.807) is 19.1 Å². The maximum absolute atomic E-state index is 11.9. The van der Waals surface area contributed by atoms with Gasteiger partial charge in [0.2, 0.25) is 5.91 Å². The second-order valence-electron chi connectivity index (χ2n) is 10.5. The van der Waals surface area contributed by atoms with Gasteiger partial charge in [-0.25, -0.2) is 4.98 Å². The van der Waals surface area contributed by atoms with Crippen LogP contribution in [0.4, 0.5) is 0 Å². The van der Waals surface area contributed by atoms with E-state index in [0.29, 0.717) is 12.3 Å². The predicted octanol–water partition coefficient (Wildman–Crippen LogP) is 7.96. The Morgan fingerprint density at radius 3 is 2.53 bits per heavy atom. The number of hydrogen-bond donors (Lipinski definition) is 1. The summed E-state index contributed by atoms with van der Waals surface area (Å²) in [6.07, 6.45) is 8.63. The van der Waals surface area contributed by atoms with Crippen molar-refractivity contribution < 1.29 is 9.53 Å². The molecule has 0 aliphatic rings. The molecule has 1 aromatic heterocycles. The van der Waals surface area contributed by atoms with Crippen molar-refractivity contribution in [2.24, 2.45) is 5.92 Å². The van der Waals surface area contributed by atoms with Crippen molar-refractivity contribution in [2.45, 2.75) is 117 Å². The predicted molar refractivity (Wildman–Crippen MR) is 165 cm³/mol. The molecule has 0 fully saturated rings. The zero-order chi connectivity index (χ0) is 28.7. The highest BCUT2D eigenvalue weighted by atomic mass is 32.2. The Kier molecular flexibility index (Phi) is 15.7. The van der Waals surface area contributed by atoms with Gasteiger partial charge in [-0.1, -0.05) is 54.0 Å². The fourth-order valence-corrected chi connectivity index (χ4v) is 4.97. The van der Waals surface area contributed by atoms with Crippen LogP contribution in [0.1, 0.15) is 100 Å². The molecule has 0 aliphatic carbocycles. The van der Waals surface area contributed by atoms with Crippen LogP contribution in [0, 0.1) is 5.92 Å². The van der Waals surface area contributed by atoms with Gasteiger partial charge in [-0.15, -0.1) is 0 Å². The third kappa shape index (κ3) is 10.6. The molecule has 0 aliphatic heterocycles. The first-order valence-corrected chi connectivity index (χ1v) is 15.3. The Morgan fingerprint density at radius 2 is 1.95 bits per heavy atom. The summed E-state index contributed by atoms with van der Waals surface area (Å²) in [5, 5.41) is 2.94. The minimum absolute atomic E-state index is 0.00588. The molecule has 38 heavy (non-hydrogen) atoms. The van der Waals surface area contributed by atoms with E-state index >= 15 is 0 Å². The standard InChI is InChI=1S/C29H48N4O2S.C2H6/c1-9-23(17-19-35-8)21-33-26-16-15-24(20-25(26)31-28(33)29(6,7)10-2)36-32(11-3)18-13-12-14-27(34)30-22(4)5;1-2/h13,15-16,18,20,22-23H,9-12,14,17,19,21H2,1-8H3,(H,30,34);1-2H3/b18-13-;. The van der Waals surface area contributed by atoms with Crippen LogP contribution >= 0.6 is 11.9 Å². The van der Waals surface area contributed by atoms with E-state index in [1.165, 1.54) is 16.2 Å². The number of ether oxygens (including phenoxy) is 1. The molecule has 0 bridgehead atoms. The lowest BCUT2D eigenvalue weighted by Crippen LogP contribution is -2.29. The average molecular weight is 547 g/mol. The van der Waals surface area contributed by atoms with Gasteiger partial charge in [0.1, 0.15) is 5.82 Å². The molecule has 7 heteroatoms. The third-order valence-electron chi connectivity index (χ3n) is 6.75. The number of benzene rings is 1. The summed E-state index contributed by atoms with van der Waals surface area (Å²) in [4.78, 5) is 18.2. The summed E-state index contributed by atoms with van der Waals surface area (Å²) in [6, 6.07) is 6.84. The highest BCUT2D eigenvalue weighted by molar-refractivity contribution is 7.97. The van der Waals surface area contributed by atoms with Gasteiger partial charge in [-0.05, 0) is 76.1 Å². The van der Waals surface area contributed by atoms with Crippen LogP contribution in [0.2, 0.25) is 0 Å². The largest absolute Gasteiger partial charge is 0.385 e. The highest BCUT2D eigenvalue weighted by Gasteiger charge is 2.27. The lowest BCUT2D eigenvalue weighted by atomic mass is 9.89. The molecule has 1 amide bonds. The Bertz CT molecular complexity index is 984. The molecule has 1 aromatic carbocycles. The van der Waals surface area contributed by atoms with E-state index in [2.05, 4.69) is 79.3 Å². The van der Waals surface area contributed by atoms with E-state index in [9.17, 15) is 4.79 Å². The van der Waals surface area contributed by atoms with E-state index < -0.39 is 0 Å². The average Bonchev–Trinajstić information content (AvgIpc) is 3.27. The summed E-state index contributed by atoms with van der Waals surface area (Å²) in [5.74, 6) is 1.83. The first-order valence-electron chi connectivity index (χ1n) is 14.5. The Labute approximate surface area is 237 Å². The van der Waals surface area contributed by atoms with Gasteiger partial charge in [0.05, 0.1) is 11.0 Å². The van der Waals surface area contributed by atoms with Crippen molar-refractivity contribution in [3.63, 3.8) is 0 Å². The number of fused-ring (bicyclic) bond motifs is 1. The number of aromatic nitrogens is 2. The zero-order valence-electron chi connectivity index (χ0n) is 25.8. The van der Waals surface area contributed by atoms with Crippen molar-refractivity contribution in [1.29, 1.82) is 0 Å². The second kappa shape index (κ2) is 17.6. The topological polar surface area (TPSA) is 59.4 Å². The van der Waals surface area contributed by atoms with Gasteiger partial charge < -0.3 is 18.9 Å². The van der Waals surface area contributed by atoms with Crippen LogP contribution in [-0.2, 0) is 21.5 Å². The number of carbonyl (C=O) groups is 1. The van der Waals surface area contributed by atoms with Gasteiger partial charge in [-0.3, -0.25) is 4.79 Å². The monoisotopic (exact) mass is 546 g/mol. The fraction of sp³-hybridized carbons (Fsp3) is 0.677. The van der Waals surface area contributed by atoms with E-state index in [-0.39, 0.29) is 17.4 Å². The van der Waals surface area contributed by atoms with Crippen molar-refractivity contribution in [3.8, 4) is 0 Å². The van der Waals surface area contributed by atoms with Crippen molar-refractivity contribution in [3.05, 3.63) is 36.3 Å². The number of hydrogen-bond acceptors (Lipinski definition) is 5. The molecule has 2 aromatic rings. The minimum Gasteiger partial charge on any atom is -0.385 e. The number of imidazole rings is 1. The first kappa shape index (κ1) is 34.0. The van der Waals surface area contributed by atoms with E-state index in [1.807, 2.05) is 27.7 Å². The number of allylic oxidation sites excluding steroid dienone is 1. The van der Waals surface area contributed by atoms with Crippen LogP contribution in [-0.4, -0.2) is 46.1 Å². The summed E-state index contributed by atoms with van der Waals surface area (Å²) in [7, 11) is 1.78. The number of carbonyl (C=O) groups excluding carboxylic acids is 1. The molecular formula is C31H54N4O2S. The van der Waals surface area contributed by atoms with E-state index in [4.69, 9.17) is 9.72 Å². The number of nitrogens with zero attached hydrogens (tertiary/aromatic N) is 3. The smallest absolute Gasteiger partial charge is 0.220 e. The Morgan fingerprint density at radius 1 is 1.24 bits per heavy atom. The molecule has 2 rings (SSSR count).